The fourth-order valence-corrected chi connectivity index (χ4v) is 2.94. The average molecular weight is 349 g/mol. The first kappa shape index (κ1) is 16.1. The Hall–Kier alpha value is -1.23. The summed E-state index contributed by atoms with van der Waals surface area (Å²) in [5.74, 6) is -0.898. The molecule has 1 N–H and O–H groups in total. The molecule has 1 heterocycles. The van der Waals surface area contributed by atoms with Crippen molar-refractivity contribution in [3.05, 3.63) is 38.5 Å². The third-order valence-electron chi connectivity index (χ3n) is 2.83. The highest BCUT2D eigenvalue weighted by atomic mass is 35.5. The van der Waals surface area contributed by atoms with Gasteiger partial charge in [-0.15, -0.1) is 0 Å². The van der Waals surface area contributed by atoms with Crippen molar-refractivity contribution in [1.82, 2.24) is 5.16 Å². The standard InChI is InChI=1S/C14H12Cl3NO3/c1-14(2,3)12-10(13(19)20)11(18-21-12)9-7(16)4-6(15)5-8(9)17/h4-5H,1-3H3,(H,19,20). The Bertz CT molecular complexity index is 694. The van der Waals surface area contributed by atoms with E-state index >= 15 is 0 Å². The van der Waals surface area contributed by atoms with Gasteiger partial charge >= 0.3 is 5.97 Å². The van der Waals surface area contributed by atoms with Gasteiger partial charge in [0.15, 0.2) is 5.76 Å². The number of halogens is 3. The monoisotopic (exact) mass is 347 g/mol. The normalized spacial score (nSPS) is 11.7. The van der Waals surface area contributed by atoms with E-state index in [1.165, 1.54) is 12.1 Å². The lowest BCUT2D eigenvalue weighted by molar-refractivity contribution is 0.0693. The van der Waals surface area contributed by atoms with Crippen LogP contribution in [0, 0.1) is 0 Å². The van der Waals surface area contributed by atoms with Gasteiger partial charge in [0.1, 0.15) is 11.3 Å². The Morgan fingerprint density at radius 3 is 2.14 bits per heavy atom. The molecule has 0 bridgehead atoms. The van der Waals surface area contributed by atoms with E-state index in [1.807, 2.05) is 20.8 Å². The molecule has 0 aliphatic carbocycles. The molecule has 0 aliphatic heterocycles. The second-order valence-electron chi connectivity index (χ2n) is 5.53. The minimum atomic E-state index is -1.15. The SMILES string of the molecule is CC(C)(C)c1onc(-c2c(Cl)cc(Cl)cc2Cl)c1C(=O)O. The Morgan fingerprint density at radius 1 is 1.19 bits per heavy atom. The number of benzene rings is 1. The van der Waals surface area contributed by atoms with Gasteiger partial charge in [0.05, 0.1) is 10.0 Å². The van der Waals surface area contributed by atoms with Crippen LogP contribution in [-0.2, 0) is 5.41 Å². The van der Waals surface area contributed by atoms with Crippen molar-refractivity contribution < 1.29 is 14.4 Å². The summed E-state index contributed by atoms with van der Waals surface area (Å²) in [6.07, 6.45) is 0. The number of carbonyl (C=O) groups is 1. The molecule has 0 spiro atoms. The quantitative estimate of drug-likeness (QED) is 0.800. The third kappa shape index (κ3) is 3.03. The molecule has 0 saturated heterocycles. The lowest BCUT2D eigenvalue weighted by Crippen LogP contribution is -2.15. The van der Waals surface area contributed by atoms with Gasteiger partial charge in [0.25, 0.3) is 0 Å². The Kier molecular flexibility index (Phi) is 4.24. The summed E-state index contributed by atoms with van der Waals surface area (Å²) in [5, 5.41) is 14.1. The summed E-state index contributed by atoms with van der Waals surface area (Å²) < 4.78 is 5.24. The zero-order valence-electron chi connectivity index (χ0n) is 11.5. The van der Waals surface area contributed by atoms with Gasteiger partial charge in [0, 0.05) is 16.0 Å². The highest BCUT2D eigenvalue weighted by Gasteiger charge is 2.32. The number of aromatic nitrogens is 1. The van der Waals surface area contributed by atoms with Crippen molar-refractivity contribution in [2.75, 3.05) is 0 Å². The Labute approximate surface area is 136 Å². The zero-order valence-corrected chi connectivity index (χ0v) is 13.8. The summed E-state index contributed by atoms with van der Waals surface area (Å²) in [7, 11) is 0. The molecular weight excluding hydrogens is 337 g/mol. The third-order valence-corrected chi connectivity index (χ3v) is 3.65. The molecule has 0 amide bonds. The molecule has 1 aromatic heterocycles. The van der Waals surface area contributed by atoms with Crippen LogP contribution in [0.2, 0.25) is 15.1 Å². The van der Waals surface area contributed by atoms with E-state index in [-0.39, 0.29) is 27.1 Å². The van der Waals surface area contributed by atoms with Crippen molar-refractivity contribution in [2.24, 2.45) is 0 Å². The van der Waals surface area contributed by atoms with Gasteiger partial charge in [-0.25, -0.2) is 4.79 Å². The highest BCUT2D eigenvalue weighted by Crippen LogP contribution is 2.41. The Morgan fingerprint density at radius 2 is 1.71 bits per heavy atom. The summed E-state index contributed by atoms with van der Waals surface area (Å²) >= 11 is 18.1. The van der Waals surface area contributed by atoms with E-state index in [4.69, 9.17) is 39.3 Å². The predicted molar refractivity (Wildman–Crippen MR) is 82.6 cm³/mol. The maximum absolute atomic E-state index is 11.6. The van der Waals surface area contributed by atoms with Crippen LogP contribution in [-0.4, -0.2) is 16.2 Å². The molecule has 0 aliphatic rings. The Balaban J connectivity index is 2.78. The van der Waals surface area contributed by atoms with Crippen molar-refractivity contribution >= 4 is 40.8 Å². The number of rotatable bonds is 2. The highest BCUT2D eigenvalue weighted by molar-refractivity contribution is 6.42. The molecule has 1 aromatic carbocycles. The summed E-state index contributed by atoms with van der Waals surface area (Å²) in [5.41, 5.74) is -0.184. The molecule has 0 atom stereocenters. The molecule has 0 saturated carbocycles. The van der Waals surface area contributed by atoms with Crippen molar-refractivity contribution in [1.29, 1.82) is 0 Å². The lowest BCUT2D eigenvalue weighted by atomic mass is 9.89. The smallest absolute Gasteiger partial charge is 0.341 e. The minimum absolute atomic E-state index is 0.0476. The van der Waals surface area contributed by atoms with Gasteiger partial charge in [-0.2, -0.15) is 0 Å². The van der Waals surface area contributed by atoms with Crippen LogP contribution in [0.5, 0.6) is 0 Å². The topological polar surface area (TPSA) is 63.3 Å². The second-order valence-corrected chi connectivity index (χ2v) is 6.79. The number of aromatic carboxylic acids is 1. The van der Waals surface area contributed by atoms with E-state index in [9.17, 15) is 9.90 Å². The first-order chi connectivity index (χ1) is 9.62. The van der Waals surface area contributed by atoms with E-state index in [1.54, 1.807) is 0 Å². The minimum Gasteiger partial charge on any atom is -0.477 e. The molecule has 21 heavy (non-hydrogen) atoms. The van der Waals surface area contributed by atoms with E-state index < -0.39 is 11.4 Å². The molecule has 4 nitrogen and oxygen atoms in total. The summed E-state index contributed by atoms with van der Waals surface area (Å²) in [6.45, 7) is 5.48. The number of carboxylic acid groups (broad SMARTS) is 1. The van der Waals surface area contributed by atoms with Crippen LogP contribution in [0.1, 0.15) is 36.9 Å². The van der Waals surface area contributed by atoms with Crippen LogP contribution in [0.25, 0.3) is 11.3 Å². The van der Waals surface area contributed by atoms with Crippen LogP contribution in [0.4, 0.5) is 0 Å². The molecule has 0 fully saturated rings. The van der Waals surface area contributed by atoms with Crippen molar-refractivity contribution in [2.45, 2.75) is 26.2 Å². The predicted octanol–water partition coefficient (Wildman–Crippen LogP) is 5.30. The van der Waals surface area contributed by atoms with Gasteiger partial charge in [-0.3, -0.25) is 0 Å². The van der Waals surface area contributed by atoms with Crippen molar-refractivity contribution in [3.8, 4) is 11.3 Å². The largest absolute Gasteiger partial charge is 0.477 e. The maximum Gasteiger partial charge on any atom is 0.341 e. The van der Waals surface area contributed by atoms with Crippen LogP contribution in [0.15, 0.2) is 16.7 Å². The zero-order chi connectivity index (χ0) is 15.9. The van der Waals surface area contributed by atoms with E-state index in [2.05, 4.69) is 5.16 Å². The fraction of sp³-hybridized carbons (Fsp3) is 0.286. The number of hydrogen-bond acceptors (Lipinski definition) is 3. The first-order valence-electron chi connectivity index (χ1n) is 6.01. The molecule has 0 unspecified atom stereocenters. The molecule has 2 aromatic rings. The molecule has 112 valence electrons. The van der Waals surface area contributed by atoms with Gasteiger partial charge < -0.3 is 9.63 Å². The maximum atomic E-state index is 11.6. The molecule has 2 rings (SSSR count). The van der Waals surface area contributed by atoms with Gasteiger partial charge in [0.2, 0.25) is 0 Å². The average Bonchev–Trinajstić information content (AvgIpc) is 2.71. The molecule has 0 radical (unpaired) electrons. The lowest BCUT2D eigenvalue weighted by Gasteiger charge is -2.14. The van der Waals surface area contributed by atoms with Crippen LogP contribution >= 0.6 is 34.8 Å². The number of carboxylic acids is 1. The van der Waals surface area contributed by atoms with Crippen LogP contribution < -0.4 is 0 Å². The molecule has 7 heteroatoms. The fourth-order valence-electron chi connectivity index (χ4n) is 1.94. The second kappa shape index (κ2) is 5.52. The van der Waals surface area contributed by atoms with E-state index in [0.717, 1.165) is 0 Å². The molecular formula is C14H12Cl3NO3. The van der Waals surface area contributed by atoms with Gasteiger partial charge in [-0.1, -0.05) is 60.7 Å². The van der Waals surface area contributed by atoms with Gasteiger partial charge in [-0.05, 0) is 12.1 Å². The van der Waals surface area contributed by atoms with E-state index in [0.29, 0.717) is 10.6 Å². The number of hydrogen-bond donors (Lipinski definition) is 1. The van der Waals surface area contributed by atoms with Crippen molar-refractivity contribution in [3.63, 3.8) is 0 Å². The first-order valence-corrected chi connectivity index (χ1v) is 7.14. The summed E-state index contributed by atoms with van der Waals surface area (Å²) in [6, 6.07) is 2.95. The number of nitrogens with zero attached hydrogens (tertiary/aromatic N) is 1. The van der Waals surface area contributed by atoms with Crippen LogP contribution in [0.3, 0.4) is 0 Å². The summed E-state index contributed by atoms with van der Waals surface area (Å²) in [4.78, 5) is 11.6.